The van der Waals surface area contributed by atoms with E-state index in [0.29, 0.717) is 11.4 Å². The summed E-state index contributed by atoms with van der Waals surface area (Å²) in [5, 5.41) is 2.83. The maximum absolute atomic E-state index is 12.4. The molecule has 0 saturated carbocycles. The lowest BCUT2D eigenvalue weighted by molar-refractivity contribution is -0.148. The van der Waals surface area contributed by atoms with Crippen LogP contribution in [-0.2, 0) is 14.3 Å². The first-order chi connectivity index (χ1) is 13.1. The zero-order chi connectivity index (χ0) is 19.1. The lowest BCUT2D eigenvalue weighted by atomic mass is 10.0. The number of hydrogen-bond acceptors (Lipinski definition) is 4. The number of carbonyl (C=O) groups is 2. The van der Waals surface area contributed by atoms with E-state index < -0.39 is 18.0 Å². The molecule has 0 bridgehead atoms. The topological polar surface area (TPSA) is 68.5 Å². The number of carbonyl (C=O) groups excluding carboxylic acids is 2. The number of esters is 1. The van der Waals surface area contributed by atoms with Gasteiger partial charge in [-0.15, -0.1) is 0 Å². The monoisotopic (exact) mass is 361 g/mol. The van der Waals surface area contributed by atoms with Gasteiger partial charge < -0.3 is 14.5 Å². The Morgan fingerprint density at radius 1 is 1.00 bits per heavy atom. The summed E-state index contributed by atoms with van der Waals surface area (Å²) in [6.45, 7) is 1.53. The second kappa shape index (κ2) is 8.67. The number of amides is 1. The van der Waals surface area contributed by atoms with Crippen molar-refractivity contribution < 1.29 is 18.7 Å². The molecule has 136 valence electrons. The van der Waals surface area contributed by atoms with Gasteiger partial charge in [-0.2, -0.15) is 0 Å². The second-order valence-electron chi connectivity index (χ2n) is 5.83. The molecule has 0 fully saturated rings. The first-order valence-corrected chi connectivity index (χ1v) is 8.51. The van der Waals surface area contributed by atoms with Gasteiger partial charge in [-0.1, -0.05) is 48.5 Å². The Bertz CT molecular complexity index is 930. The Hall–Kier alpha value is -3.60. The summed E-state index contributed by atoms with van der Waals surface area (Å²) < 4.78 is 10.2. The van der Waals surface area contributed by atoms with Gasteiger partial charge in [0.2, 0.25) is 0 Å². The van der Waals surface area contributed by atoms with Crippen molar-refractivity contribution in [2.45, 2.75) is 13.0 Å². The molecular weight excluding hydrogens is 342 g/mol. The Kier molecular flexibility index (Phi) is 5.84. The van der Waals surface area contributed by atoms with Gasteiger partial charge >= 0.3 is 5.97 Å². The van der Waals surface area contributed by atoms with Crippen molar-refractivity contribution in [1.82, 2.24) is 0 Å². The van der Waals surface area contributed by atoms with Crippen LogP contribution in [0.5, 0.6) is 0 Å². The highest BCUT2D eigenvalue weighted by atomic mass is 16.5. The molecule has 5 heteroatoms. The molecule has 0 saturated heterocycles. The largest absolute Gasteiger partial charge is 0.465 e. The Balaban J connectivity index is 1.64. The first kappa shape index (κ1) is 18.2. The van der Waals surface area contributed by atoms with Crippen LogP contribution in [0.4, 0.5) is 5.69 Å². The summed E-state index contributed by atoms with van der Waals surface area (Å²) in [5.74, 6) is -0.496. The van der Waals surface area contributed by atoms with Crippen LogP contribution in [-0.4, -0.2) is 18.0 Å². The number of furan rings is 1. The van der Waals surface area contributed by atoms with E-state index in [1.807, 2.05) is 54.6 Å². The summed E-state index contributed by atoms with van der Waals surface area (Å²) >= 11 is 0. The van der Waals surface area contributed by atoms with E-state index in [1.54, 1.807) is 12.1 Å². The Labute approximate surface area is 157 Å². The lowest BCUT2D eigenvalue weighted by Gasteiger charge is -2.15. The highest BCUT2D eigenvalue weighted by Gasteiger charge is 2.18. The highest BCUT2D eigenvalue weighted by molar-refractivity contribution is 5.99. The van der Waals surface area contributed by atoms with Crippen LogP contribution in [0.1, 0.15) is 12.7 Å². The minimum atomic E-state index is -0.942. The van der Waals surface area contributed by atoms with E-state index in [1.165, 1.54) is 25.3 Å². The molecule has 3 aromatic rings. The second-order valence-corrected chi connectivity index (χ2v) is 5.83. The molecule has 1 aromatic heterocycles. The molecule has 5 nitrogen and oxygen atoms in total. The number of para-hydroxylation sites is 1. The van der Waals surface area contributed by atoms with Crippen LogP contribution in [0.15, 0.2) is 83.5 Å². The van der Waals surface area contributed by atoms with Gasteiger partial charge in [0, 0.05) is 17.3 Å². The van der Waals surface area contributed by atoms with E-state index in [0.717, 1.165) is 11.1 Å². The third-order valence-electron chi connectivity index (χ3n) is 3.86. The summed E-state index contributed by atoms with van der Waals surface area (Å²) in [6.07, 6.45) is 3.27. The van der Waals surface area contributed by atoms with Crippen molar-refractivity contribution in [3.05, 3.63) is 84.8 Å². The molecule has 27 heavy (non-hydrogen) atoms. The zero-order valence-corrected chi connectivity index (χ0v) is 14.8. The van der Waals surface area contributed by atoms with E-state index in [9.17, 15) is 9.59 Å². The Morgan fingerprint density at radius 3 is 2.48 bits per heavy atom. The van der Waals surface area contributed by atoms with Gasteiger partial charge in [0.05, 0.1) is 6.26 Å². The van der Waals surface area contributed by atoms with E-state index in [2.05, 4.69) is 5.32 Å². The molecule has 0 spiro atoms. The minimum absolute atomic E-state index is 0.405. The molecule has 3 rings (SSSR count). The van der Waals surface area contributed by atoms with Gasteiger partial charge in [0.25, 0.3) is 5.91 Å². The van der Waals surface area contributed by atoms with Crippen LogP contribution >= 0.6 is 0 Å². The summed E-state index contributed by atoms with van der Waals surface area (Å²) in [6, 6.07) is 20.6. The predicted octanol–water partition coefficient (Wildman–Crippen LogP) is 4.53. The number of ether oxygens (including phenoxy) is 1. The minimum Gasteiger partial charge on any atom is -0.465 e. The third-order valence-corrected chi connectivity index (χ3v) is 3.86. The van der Waals surface area contributed by atoms with E-state index in [-0.39, 0.29) is 0 Å². The quantitative estimate of drug-likeness (QED) is 0.517. The maximum Gasteiger partial charge on any atom is 0.331 e. The van der Waals surface area contributed by atoms with Crippen LogP contribution in [0, 0.1) is 0 Å². The molecule has 1 heterocycles. The standard InChI is InChI=1S/C22H19NO4/c1-16(27-21(24)14-13-18-10-7-15-26-18)22(25)23-20-12-6-5-11-19(20)17-8-3-2-4-9-17/h2-16H,1H3,(H,23,25)/b14-13+. The maximum atomic E-state index is 12.4. The summed E-state index contributed by atoms with van der Waals surface area (Å²) in [4.78, 5) is 24.3. The van der Waals surface area contributed by atoms with E-state index >= 15 is 0 Å². The average Bonchev–Trinajstić information content (AvgIpc) is 3.21. The van der Waals surface area contributed by atoms with Crippen molar-refractivity contribution in [2.75, 3.05) is 5.32 Å². The normalized spacial score (nSPS) is 11.9. The van der Waals surface area contributed by atoms with Crippen LogP contribution in [0.2, 0.25) is 0 Å². The van der Waals surface area contributed by atoms with Gasteiger partial charge in [-0.25, -0.2) is 4.79 Å². The Morgan fingerprint density at radius 2 is 1.74 bits per heavy atom. The van der Waals surface area contributed by atoms with Crippen molar-refractivity contribution >= 4 is 23.6 Å². The molecule has 1 atom stereocenters. The third kappa shape index (κ3) is 4.95. The lowest BCUT2D eigenvalue weighted by Crippen LogP contribution is -2.29. The van der Waals surface area contributed by atoms with Gasteiger partial charge in [0.1, 0.15) is 5.76 Å². The van der Waals surface area contributed by atoms with Gasteiger partial charge in [-0.3, -0.25) is 4.79 Å². The van der Waals surface area contributed by atoms with Crippen LogP contribution < -0.4 is 5.32 Å². The van der Waals surface area contributed by atoms with Crippen molar-refractivity contribution in [3.63, 3.8) is 0 Å². The fourth-order valence-corrected chi connectivity index (χ4v) is 2.50. The smallest absolute Gasteiger partial charge is 0.331 e. The van der Waals surface area contributed by atoms with E-state index in [4.69, 9.17) is 9.15 Å². The molecule has 1 amide bonds. The highest BCUT2D eigenvalue weighted by Crippen LogP contribution is 2.27. The predicted molar refractivity (Wildman–Crippen MR) is 104 cm³/mol. The van der Waals surface area contributed by atoms with Crippen molar-refractivity contribution in [2.24, 2.45) is 0 Å². The van der Waals surface area contributed by atoms with Gasteiger partial charge in [-0.05, 0) is 36.8 Å². The SMILES string of the molecule is CC(OC(=O)/C=C/c1ccco1)C(=O)Nc1ccccc1-c1ccccc1. The summed E-state index contributed by atoms with van der Waals surface area (Å²) in [5.41, 5.74) is 2.53. The number of hydrogen-bond donors (Lipinski definition) is 1. The molecule has 0 aliphatic rings. The number of benzene rings is 2. The number of anilines is 1. The van der Waals surface area contributed by atoms with Crippen molar-refractivity contribution in [3.8, 4) is 11.1 Å². The first-order valence-electron chi connectivity index (χ1n) is 8.51. The molecular formula is C22H19NO4. The molecule has 2 aromatic carbocycles. The van der Waals surface area contributed by atoms with Gasteiger partial charge in [0.15, 0.2) is 6.10 Å². The fourth-order valence-electron chi connectivity index (χ4n) is 2.50. The van der Waals surface area contributed by atoms with Crippen LogP contribution in [0.3, 0.4) is 0 Å². The molecule has 0 aliphatic carbocycles. The molecule has 0 radical (unpaired) electrons. The molecule has 0 aliphatic heterocycles. The fraction of sp³-hybridized carbons (Fsp3) is 0.0909. The molecule has 1 unspecified atom stereocenters. The average molecular weight is 361 g/mol. The van der Waals surface area contributed by atoms with Crippen molar-refractivity contribution in [1.29, 1.82) is 0 Å². The number of rotatable bonds is 6. The molecule has 1 N–H and O–H groups in total. The van der Waals surface area contributed by atoms with Crippen LogP contribution in [0.25, 0.3) is 17.2 Å². The number of nitrogens with one attached hydrogen (secondary N) is 1. The zero-order valence-electron chi connectivity index (χ0n) is 14.8. The summed E-state index contributed by atoms with van der Waals surface area (Å²) in [7, 11) is 0.